The van der Waals surface area contributed by atoms with Crippen LogP contribution in [-0.4, -0.2) is 11.7 Å². The third kappa shape index (κ3) is 5.23. The summed E-state index contributed by atoms with van der Waals surface area (Å²) < 4.78 is 12.8. The Morgan fingerprint density at radius 3 is 2.67 bits per heavy atom. The van der Waals surface area contributed by atoms with Gasteiger partial charge < -0.3 is 10.6 Å². The fourth-order valence-electron chi connectivity index (χ4n) is 2.54. The summed E-state index contributed by atoms with van der Waals surface area (Å²) in [5.74, 6) is 0.487. The molecular formula is C18H20ClFN2OS. The highest BCUT2D eigenvalue weighted by molar-refractivity contribution is 7.99. The third-order valence-corrected chi connectivity index (χ3v) is 4.82. The normalized spacial score (nSPS) is 12.4. The van der Waals surface area contributed by atoms with Gasteiger partial charge in [0.25, 0.3) is 0 Å². The molecule has 2 N–H and O–H groups in total. The van der Waals surface area contributed by atoms with E-state index < -0.39 is 0 Å². The summed E-state index contributed by atoms with van der Waals surface area (Å²) in [6.45, 7) is 2.40. The molecule has 128 valence electrons. The van der Waals surface area contributed by atoms with E-state index in [0.717, 1.165) is 23.5 Å². The fourth-order valence-corrected chi connectivity index (χ4v) is 3.39. The Morgan fingerprint density at radius 2 is 1.88 bits per heavy atom. The van der Waals surface area contributed by atoms with Crippen molar-refractivity contribution in [2.75, 3.05) is 5.75 Å². The molecule has 0 unspecified atom stereocenters. The lowest BCUT2D eigenvalue weighted by atomic mass is 10.1. The van der Waals surface area contributed by atoms with Crippen LogP contribution in [0.3, 0.4) is 0 Å². The Hall–Kier alpha value is -1.56. The second-order valence-corrected chi connectivity index (χ2v) is 6.70. The Labute approximate surface area is 151 Å². The predicted octanol–water partition coefficient (Wildman–Crippen LogP) is 3.65. The van der Waals surface area contributed by atoms with Gasteiger partial charge in [0, 0.05) is 36.7 Å². The lowest BCUT2D eigenvalue weighted by Gasteiger charge is -2.07. The molecule has 1 heterocycles. The van der Waals surface area contributed by atoms with E-state index in [1.165, 1.54) is 23.3 Å². The van der Waals surface area contributed by atoms with Crippen molar-refractivity contribution >= 4 is 30.1 Å². The van der Waals surface area contributed by atoms with Gasteiger partial charge >= 0.3 is 0 Å². The maximum Gasteiger partial charge on any atom is 0.221 e. The highest BCUT2D eigenvalue weighted by atomic mass is 35.5. The van der Waals surface area contributed by atoms with Crippen molar-refractivity contribution in [2.45, 2.75) is 31.0 Å². The number of hydrogen-bond acceptors (Lipinski definition) is 3. The van der Waals surface area contributed by atoms with Gasteiger partial charge in [0.05, 0.1) is 0 Å². The molecular weight excluding hydrogens is 347 g/mol. The highest BCUT2D eigenvalue weighted by Crippen LogP contribution is 2.19. The SMILES string of the molecule is Cl.O=C(CCSc1ccc(F)cc1)NCc1ccc2c(c1)CNC2. The summed E-state index contributed by atoms with van der Waals surface area (Å²) in [4.78, 5) is 12.9. The second-order valence-electron chi connectivity index (χ2n) is 5.54. The monoisotopic (exact) mass is 366 g/mol. The minimum Gasteiger partial charge on any atom is -0.352 e. The number of fused-ring (bicyclic) bond motifs is 1. The highest BCUT2D eigenvalue weighted by Gasteiger charge is 2.10. The molecule has 6 heteroatoms. The van der Waals surface area contributed by atoms with Crippen molar-refractivity contribution in [1.29, 1.82) is 0 Å². The van der Waals surface area contributed by atoms with Crippen LogP contribution in [-0.2, 0) is 24.4 Å². The largest absolute Gasteiger partial charge is 0.352 e. The predicted molar refractivity (Wildman–Crippen MR) is 97.8 cm³/mol. The maximum atomic E-state index is 12.8. The van der Waals surface area contributed by atoms with Gasteiger partial charge in [-0.1, -0.05) is 18.2 Å². The van der Waals surface area contributed by atoms with Crippen LogP contribution in [0.2, 0.25) is 0 Å². The summed E-state index contributed by atoms with van der Waals surface area (Å²) >= 11 is 1.56. The van der Waals surface area contributed by atoms with Gasteiger partial charge in [0.15, 0.2) is 0 Å². The molecule has 0 radical (unpaired) electrons. The first-order valence-corrected chi connectivity index (χ1v) is 8.66. The lowest BCUT2D eigenvalue weighted by Crippen LogP contribution is -2.23. The zero-order valence-corrected chi connectivity index (χ0v) is 14.8. The third-order valence-electron chi connectivity index (χ3n) is 3.80. The zero-order valence-electron chi connectivity index (χ0n) is 13.2. The molecule has 1 aliphatic heterocycles. The van der Waals surface area contributed by atoms with Crippen LogP contribution >= 0.6 is 24.2 Å². The Morgan fingerprint density at radius 1 is 1.12 bits per heavy atom. The molecule has 0 saturated carbocycles. The zero-order chi connectivity index (χ0) is 16.1. The first-order chi connectivity index (χ1) is 11.2. The molecule has 0 aromatic heterocycles. The van der Waals surface area contributed by atoms with Crippen LogP contribution in [0.5, 0.6) is 0 Å². The number of carbonyl (C=O) groups is 1. The fraction of sp³-hybridized carbons (Fsp3) is 0.278. The number of halogens is 2. The van der Waals surface area contributed by atoms with Gasteiger partial charge in [-0.25, -0.2) is 4.39 Å². The number of benzene rings is 2. The smallest absolute Gasteiger partial charge is 0.221 e. The number of rotatable bonds is 6. The summed E-state index contributed by atoms with van der Waals surface area (Å²) in [5, 5.41) is 6.27. The van der Waals surface area contributed by atoms with E-state index in [-0.39, 0.29) is 24.1 Å². The lowest BCUT2D eigenvalue weighted by molar-refractivity contribution is -0.120. The number of hydrogen-bond donors (Lipinski definition) is 2. The van der Waals surface area contributed by atoms with Gasteiger partial charge in [0.1, 0.15) is 5.82 Å². The van der Waals surface area contributed by atoms with Crippen LogP contribution in [0, 0.1) is 5.82 Å². The molecule has 0 fully saturated rings. The molecule has 1 aliphatic rings. The van der Waals surface area contributed by atoms with Crippen molar-refractivity contribution in [2.24, 2.45) is 0 Å². The molecule has 0 saturated heterocycles. The van der Waals surface area contributed by atoms with Gasteiger partial charge in [0.2, 0.25) is 5.91 Å². The molecule has 0 bridgehead atoms. The minimum absolute atomic E-state index is 0. The summed E-state index contributed by atoms with van der Waals surface area (Å²) in [6, 6.07) is 12.7. The number of nitrogens with one attached hydrogen (secondary N) is 2. The number of amides is 1. The van der Waals surface area contributed by atoms with Crippen LogP contribution in [0.15, 0.2) is 47.4 Å². The van der Waals surface area contributed by atoms with E-state index in [9.17, 15) is 9.18 Å². The van der Waals surface area contributed by atoms with Crippen LogP contribution in [0.4, 0.5) is 4.39 Å². The molecule has 0 spiro atoms. The Balaban J connectivity index is 0.00000208. The number of thioether (sulfide) groups is 1. The molecule has 0 aliphatic carbocycles. The average Bonchev–Trinajstić information content (AvgIpc) is 3.02. The molecule has 1 amide bonds. The molecule has 0 atom stereocenters. The maximum absolute atomic E-state index is 12.8. The Bertz CT molecular complexity index is 694. The van der Waals surface area contributed by atoms with Crippen molar-refractivity contribution in [3.63, 3.8) is 0 Å². The molecule has 3 rings (SSSR count). The van der Waals surface area contributed by atoms with Crippen molar-refractivity contribution in [3.05, 3.63) is 65.0 Å². The van der Waals surface area contributed by atoms with Gasteiger partial charge in [-0.05, 0) is 41.0 Å². The van der Waals surface area contributed by atoms with E-state index in [2.05, 4.69) is 28.8 Å². The Kier molecular flexibility index (Phi) is 7.09. The van der Waals surface area contributed by atoms with Gasteiger partial charge in [-0.2, -0.15) is 0 Å². The minimum atomic E-state index is -0.239. The number of carbonyl (C=O) groups excluding carboxylic acids is 1. The van der Waals surface area contributed by atoms with Crippen molar-refractivity contribution in [1.82, 2.24) is 10.6 Å². The topological polar surface area (TPSA) is 41.1 Å². The summed E-state index contributed by atoms with van der Waals surface area (Å²) in [7, 11) is 0. The van der Waals surface area contributed by atoms with Gasteiger partial charge in [-0.3, -0.25) is 4.79 Å². The molecule has 2 aromatic rings. The van der Waals surface area contributed by atoms with Gasteiger partial charge in [-0.15, -0.1) is 24.2 Å². The standard InChI is InChI=1S/C18H19FN2OS.ClH/c19-16-3-5-17(6-4-16)23-8-7-18(22)21-10-13-1-2-14-11-20-12-15(14)9-13;/h1-6,9,20H,7-8,10-12H2,(H,21,22);1H. The van der Waals surface area contributed by atoms with E-state index >= 15 is 0 Å². The van der Waals surface area contributed by atoms with E-state index in [1.54, 1.807) is 23.9 Å². The van der Waals surface area contributed by atoms with E-state index in [0.29, 0.717) is 18.7 Å². The first-order valence-electron chi connectivity index (χ1n) is 7.67. The van der Waals surface area contributed by atoms with E-state index in [4.69, 9.17) is 0 Å². The second kappa shape index (κ2) is 9.06. The van der Waals surface area contributed by atoms with Crippen LogP contribution < -0.4 is 10.6 Å². The first kappa shape index (κ1) is 18.8. The summed E-state index contributed by atoms with van der Waals surface area (Å²) in [5.41, 5.74) is 3.80. The quantitative estimate of drug-likeness (QED) is 0.767. The van der Waals surface area contributed by atoms with Crippen LogP contribution in [0.25, 0.3) is 0 Å². The molecule has 3 nitrogen and oxygen atoms in total. The van der Waals surface area contributed by atoms with Crippen LogP contribution in [0.1, 0.15) is 23.1 Å². The van der Waals surface area contributed by atoms with E-state index in [1.807, 2.05) is 0 Å². The van der Waals surface area contributed by atoms with Crippen molar-refractivity contribution in [3.8, 4) is 0 Å². The van der Waals surface area contributed by atoms with Crippen molar-refractivity contribution < 1.29 is 9.18 Å². The molecule has 2 aromatic carbocycles. The molecule has 24 heavy (non-hydrogen) atoms. The summed E-state index contributed by atoms with van der Waals surface area (Å²) in [6.07, 6.45) is 0.453. The average molecular weight is 367 g/mol.